The third kappa shape index (κ3) is 4.33. The average Bonchev–Trinajstić information content (AvgIpc) is 3.91. The molecule has 0 radical (unpaired) electrons. The number of fused-ring (bicyclic) bond motifs is 4. The number of hydrogen-bond acceptors (Lipinski definition) is 4. The van der Waals surface area contributed by atoms with Crippen LogP contribution in [0.15, 0.2) is 138 Å². The molecule has 4 aromatic carbocycles. The highest BCUT2D eigenvalue weighted by molar-refractivity contribution is 7.13. The highest BCUT2D eigenvalue weighted by Gasteiger charge is 2.18. The summed E-state index contributed by atoms with van der Waals surface area (Å²) < 4.78 is 4.62. The lowest BCUT2D eigenvalue weighted by Gasteiger charge is -2.13. The van der Waals surface area contributed by atoms with Crippen LogP contribution in [-0.2, 0) is 7.05 Å². The normalized spacial score (nSPS) is 11.7. The van der Waals surface area contributed by atoms with Crippen molar-refractivity contribution in [2.75, 3.05) is 0 Å². The fourth-order valence-electron chi connectivity index (χ4n) is 6.44. The summed E-state index contributed by atoms with van der Waals surface area (Å²) in [5, 5.41) is 6.70. The maximum atomic E-state index is 5.12. The molecule has 0 spiro atoms. The van der Waals surface area contributed by atoms with Gasteiger partial charge in [0.05, 0.1) is 27.8 Å². The van der Waals surface area contributed by atoms with Gasteiger partial charge < -0.3 is 9.13 Å². The number of nitrogens with zero attached hydrogens (tertiary/aromatic N) is 4. The Hall–Kier alpha value is -5.30. The minimum Gasteiger partial charge on any atom is -0.327 e. The number of aryl methyl sites for hydroxylation is 1. The number of para-hydroxylation sites is 1. The Kier molecular flexibility index (Phi) is 6.04. The molecule has 0 atom stereocenters. The molecule has 0 fully saturated rings. The molecule has 6 heteroatoms. The van der Waals surface area contributed by atoms with Gasteiger partial charge in [-0.1, -0.05) is 54.6 Å². The first kappa shape index (κ1) is 26.1. The van der Waals surface area contributed by atoms with Crippen LogP contribution in [0.5, 0.6) is 0 Å². The van der Waals surface area contributed by atoms with Crippen LogP contribution in [0, 0.1) is 0 Å². The highest BCUT2D eigenvalue weighted by Crippen LogP contribution is 2.38. The van der Waals surface area contributed by atoms with Gasteiger partial charge >= 0.3 is 0 Å². The first-order chi connectivity index (χ1) is 22.2. The van der Waals surface area contributed by atoms with E-state index in [-0.39, 0.29) is 0 Å². The summed E-state index contributed by atoms with van der Waals surface area (Å²) in [7, 11) is 2.12. The van der Waals surface area contributed by atoms with Gasteiger partial charge in [0.25, 0.3) is 0 Å². The molecule has 0 amide bonds. The highest BCUT2D eigenvalue weighted by atomic mass is 32.1. The zero-order valence-corrected chi connectivity index (χ0v) is 26.0. The predicted molar refractivity (Wildman–Crippen MR) is 190 cm³/mol. The number of pyridine rings is 1. The van der Waals surface area contributed by atoms with E-state index >= 15 is 0 Å². The minimum atomic E-state index is 0.952. The molecule has 214 valence electrons. The molecular formula is C39H26N4S2. The number of hydrogen-bond donors (Lipinski definition) is 0. The molecule has 9 aromatic rings. The van der Waals surface area contributed by atoms with E-state index in [2.05, 4.69) is 136 Å². The van der Waals surface area contributed by atoms with E-state index in [9.17, 15) is 0 Å². The maximum absolute atomic E-state index is 5.12. The largest absolute Gasteiger partial charge is 0.327 e. The summed E-state index contributed by atoms with van der Waals surface area (Å²) in [5.41, 5.74) is 11.1. The maximum Gasteiger partial charge on any atom is 0.140 e. The van der Waals surface area contributed by atoms with Crippen molar-refractivity contribution in [2.45, 2.75) is 0 Å². The van der Waals surface area contributed by atoms with Gasteiger partial charge in [-0.25, -0.2) is 4.98 Å². The molecule has 9 rings (SSSR count). The second-order valence-electron chi connectivity index (χ2n) is 11.2. The van der Waals surface area contributed by atoms with Crippen molar-refractivity contribution >= 4 is 55.5 Å². The molecule has 0 saturated heterocycles. The molecule has 4 nitrogen and oxygen atoms in total. The molecule has 0 aliphatic heterocycles. The monoisotopic (exact) mass is 614 g/mol. The van der Waals surface area contributed by atoms with Gasteiger partial charge in [-0.15, -0.1) is 22.7 Å². The van der Waals surface area contributed by atoms with Crippen molar-refractivity contribution in [2.24, 2.45) is 7.05 Å². The Balaban J connectivity index is 1.28. The van der Waals surface area contributed by atoms with Gasteiger partial charge in [-0.2, -0.15) is 0 Å². The number of aromatic nitrogens is 4. The first-order valence-corrected chi connectivity index (χ1v) is 16.6. The fraction of sp³-hybridized carbons (Fsp3) is 0.0256. The SMILES string of the molecule is Cn1c(-c2ccc3c4ccccc4n(-c4cc(-c5ccccn5)cc(-c5cccs5)c4)c3c2)nc2ccc(-c3cccs3)cc21. The lowest BCUT2D eigenvalue weighted by atomic mass is 10.0. The van der Waals surface area contributed by atoms with Crippen LogP contribution in [0.2, 0.25) is 0 Å². The Morgan fingerprint density at radius 3 is 2.09 bits per heavy atom. The summed E-state index contributed by atoms with van der Waals surface area (Å²) in [5.74, 6) is 0.952. The Morgan fingerprint density at radius 2 is 1.29 bits per heavy atom. The van der Waals surface area contributed by atoms with Crippen LogP contribution in [0.1, 0.15) is 0 Å². The van der Waals surface area contributed by atoms with Crippen molar-refractivity contribution in [3.05, 3.63) is 138 Å². The van der Waals surface area contributed by atoms with Crippen LogP contribution in [0.25, 0.3) is 82.1 Å². The van der Waals surface area contributed by atoms with E-state index in [0.717, 1.165) is 44.9 Å². The van der Waals surface area contributed by atoms with E-state index in [4.69, 9.17) is 9.97 Å². The molecule has 5 aromatic heterocycles. The lowest BCUT2D eigenvalue weighted by molar-refractivity contribution is 0.959. The Labute approximate surface area is 268 Å². The second-order valence-corrected chi connectivity index (χ2v) is 13.1. The van der Waals surface area contributed by atoms with Crippen LogP contribution in [0.4, 0.5) is 0 Å². The molecule has 0 aliphatic carbocycles. The van der Waals surface area contributed by atoms with E-state index in [1.165, 1.54) is 37.2 Å². The van der Waals surface area contributed by atoms with E-state index < -0.39 is 0 Å². The molecule has 0 saturated carbocycles. The van der Waals surface area contributed by atoms with Gasteiger partial charge in [0.1, 0.15) is 5.82 Å². The standard InChI is InChI=1S/C39H26N4S2/c1-42-36-23-25(37-11-6-18-44-37)14-16-33(36)41-39(42)26-13-15-31-30-8-2-3-10-34(30)43(35(31)24-26)29-21-27(32-9-4-5-17-40-32)20-28(22-29)38-12-7-19-45-38/h2-24H,1H3. The van der Waals surface area contributed by atoms with Gasteiger partial charge in [-0.3, -0.25) is 4.98 Å². The third-order valence-corrected chi connectivity index (χ3v) is 10.4. The molecule has 0 aliphatic rings. The van der Waals surface area contributed by atoms with Crippen LogP contribution < -0.4 is 0 Å². The minimum absolute atomic E-state index is 0.952. The van der Waals surface area contributed by atoms with E-state index in [1.54, 1.807) is 22.7 Å². The molecule has 5 heterocycles. The topological polar surface area (TPSA) is 35.6 Å². The summed E-state index contributed by atoms with van der Waals surface area (Å²) in [4.78, 5) is 12.3. The quantitative estimate of drug-likeness (QED) is 0.193. The molecule has 0 bridgehead atoms. The van der Waals surface area contributed by atoms with E-state index in [0.29, 0.717) is 0 Å². The molecule has 0 unspecified atom stereocenters. The molecule has 0 N–H and O–H groups in total. The molecule has 45 heavy (non-hydrogen) atoms. The van der Waals surface area contributed by atoms with Gasteiger partial charge in [0.2, 0.25) is 0 Å². The van der Waals surface area contributed by atoms with Crippen LogP contribution >= 0.6 is 22.7 Å². The van der Waals surface area contributed by atoms with Crippen molar-refractivity contribution in [3.63, 3.8) is 0 Å². The van der Waals surface area contributed by atoms with Crippen molar-refractivity contribution in [1.82, 2.24) is 19.1 Å². The zero-order valence-electron chi connectivity index (χ0n) is 24.4. The summed E-state index contributed by atoms with van der Waals surface area (Å²) in [6.45, 7) is 0. The van der Waals surface area contributed by atoms with Crippen molar-refractivity contribution in [3.8, 4) is 49.2 Å². The summed E-state index contributed by atoms with van der Waals surface area (Å²) >= 11 is 3.52. The smallest absolute Gasteiger partial charge is 0.140 e. The lowest BCUT2D eigenvalue weighted by Crippen LogP contribution is -1.97. The second kappa shape index (κ2) is 10.4. The Morgan fingerprint density at radius 1 is 0.556 bits per heavy atom. The van der Waals surface area contributed by atoms with Crippen LogP contribution in [0.3, 0.4) is 0 Å². The fourth-order valence-corrected chi connectivity index (χ4v) is 7.88. The van der Waals surface area contributed by atoms with E-state index in [1.807, 2.05) is 18.3 Å². The van der Waals surface area contributed by atoms with Gasteiger partial charge in [0.15, 0.2) is 0 Å². The summed E-state index contributed by atoms with van der Waals surface area (Å²) in [6.07, 6.45) is 1.86. The number of thiophene rings is 2. The molecular weight excluding hydrogens is 589 g/mol. The number of benzene rings is 4. The third-order valence-electron chi connectivity index (χ3n) is 8.56. The summed E-state index contributed by atoms with van der Waals surface area (Å²) in [6, 6.07) is 43.5. The Bertz CT molecular complexity index is 2480. The van der Waals surface area contributed by atoms with Gasteiger partial charge in [-0.05, 0) is 88.6 Å². The first-order valence-electron chi connectivity index (χ1n) is 14.9. The zero-order chi connectivity index (χ0) is 29.9. The average molecular weight is 615 g/mol. The van der Waals surface area contributed by atoms with Crippen molar-refractivity contribution < 1.29 is 0 Å². The number of rotatable bonds is 5. The van der Waals surface area contributed by atoms with Gasteiger partial charge in [0, 0.05) is 50.6 Å². The van der Waals surface area contributed by atoms with Crippen LogP contribution in [-0.4, -0.2) is 19.1 Å². The predicted octanol–water partition coefficient (Wildman–Crippen LogP) is 10.9. The number of imidazole rings is 1. The van der Waals surface area contributed by atoms with Crippen molar-refractivity contribution in [1.29, 1.82) is 0 Å².